The number of fused-ring (bicyclic) bond motifs is 8. The predicted octanol–water partition coefficient (Wildman–Crippen LogP) is 6.80. The molecule has 1 aromatic heterocycles. The number of benzene rings is 3. The quantitative estimate of drug-likeness (QED) is 0.268. The highest BCUT2D eigenvalue weighted by molar-refractivity contribution is 6.02. The van der Waals surface area contributed by atoms with Crippen LogP contribution < -0.4 is 4.57 Å². The van der Waals surface area contributed by atoms with E-state index in [2.05, 4.69) is 116 Å². The lowest BCUT2D eigenvalue weighted by molar-refractivity contribution is -0.757. The topological polar surface area (TPSA) is 3.88 Å². The fourth-order valence-corrected chi connectivity index (χ4v) is 6.15. The summed E-state index contributed by atoms with van der Waals surface area (Å²) in [5.41, 5.74) is 6.85. The zero-order chi connectivity index (χ0) is 20.3. The third kappa shape index (κ3) is 1.96. The van der Waals surface area contributed by atoms with Gasteiger partial charge in [0.05, 0.1) is 21.9 Å². The van der Waals surface area contributed by atoms with Gasteiger partial charge in [-0.1, -0.05) is 86.7 Å². The Kier molecular flexibility index (Phi) is 3.62. The van der Waals surface area contributed by atoms with Gasteiger partial charge in [-0.25, -0.2) is 0 Å². The van der Waals surface area contributed by atoms with Crippen LogP contribution in [0.15, 0.2) is 97.2 Å². The van der Waals surface area contributed by atoms with E-state index >= 15 is 0 Å². The van der Waals surface area contributed by atoms with Gasteiger partial charge in [0.2, 0.25) is 5.69 Å². The lowest BCUT2D eigenvalue weighted by atomic mass is 9.52. The molecule has 0 saturated heterocycles. The van der Waals surface area contributed by atoms with E-state index in [1.165, 1.54) is 38.7 Å². The maximum atomic E-state index is 2.61. The summed E-state index contributed by atoms with van der Waals surface area (Å²) in [6.07, 6.45) is 9.53. The summed E-state index contributed by atoms with van der Waals surface area (Å²) in [7, 11) is 0. The van der Waals surface area contributed by atoms with Crippen LogP contribution in [0.4, 0.5) is 0 Å². The molecule has 0 N–H and O–H groups in total. The van der Waals surface area contributed by atoms with Crippen molar-refractivity contribution < 1.29 is 4.57 Å². The monoisotopic (exact) mass is 388 g/mol. The second-order valence-electron chi connectivity index (χ2n) is 8.65. The smallest absolute Gasteiger partial charge is 0.187 e. The largest absolute Gasteiger partial charge is 0.221 e. The van der Waals surface area contributed by atoms with Gasteiger partial charge in [-0.05, 0) is 35.8 Å². The van der Waals surface area contributed by atoms with E-state index < -0.39 is 0 Å². The van der Waals surface area contributed by atoms with Gasteiger partial charge in [0.25, 0.3) is 0 Å². The molecule has 2 heterocycles. The Bertz CT molecular complexity index is 1320. The Balaban J connectivity index is 1.81. The van der Waals surface area contributed by atoms with Crippen LogP contribution in [0.25, 0.3) is 33.2 Å². The summed E-state index contributed by atoms with van der Waals surface area (Å²) in [4.78, 5) is 0. The van der Waals surface area contributed by atoms with Crippen LogP contribution in [0, 0.1) is 0 Å². The minimum atomic E-state index is -0.0149. The number of allylic oxidation sites excluding steroid dienone is 2. The first-order valence-electron chi connectivity index (χ1n) is 11.1. The van der Waals surface area contributed by atoms with Crippen molar-refractivity contribution >= 4 is 10.8 Å². The van der Waals surface area contributed by atoms with E-state index in [9.17, 15) is 0 Å². The molecule has 1 nitrogen and oxygen atoms in total. The summed E-state index contributed by atoms with van der Waals surface area (Å²) in [5.74, 6) is 0. The van der Waals surface area contributed by atoms with Crippen molar-refractivity contribution in [3.05, 3.63) is 103 Å². The summed E-state index contributed by atoms with van der Waals surface area (Å²) in [5, 5.41) is 2.66. The summed E-state index contributed by atoms with van der Waals surface area (Å²) < 4.78 is 2.61. The molecular weight excluding hydrogens is 362 g/mol. The number of aromatic nitrogens is 1. The lowest BCUT2D eigenvalue weighted by Gasteiger charge is -2.52. The van der Waals surface area contributed by atoms with Gasteiger partial charge in [-0.3, -0.25) is 0 Å². The van der Waals surface area contributed by atoms with Crippen molar-refractivity contribution in [1.82, 2.24) is 0 Å². The number of pyridine rings is 1. The highest BCUT2D eigenvalue weighted by Gasteiger charge is 2.64. The van der Waals surface area contributed by atoms with Crippen LogP contribution in [-0.4, -0.2) is 0 Å². The molecule has 6 rings (SSSR count). The number of nitrogens with zero attached hydrogens (tertiary/aromatic N) is 1. The fourth-order valence-electron chi connectivity index (χ4n) is 6.15. The van der Waals surface area contributed by atoms with Crippen molar-refractivity contribution in [1.29, 1.82) is 0 Å². The zero-order valence-corrected chi connectivity index (χ0v) is 17.6. The molecule has 1 heteroatoms. The molecule has 30 heavy (non-hydrogen) atoms. The summed E-state index contributed by atoms with van der Waals surface area (Å²) >= 11 is 0. The number of rotatable bonds is 3. The average molecular weight is 389 g/mol. The highest BCUT2D eigenvalue weighted by atomic mass is 15.1. The second kappa shape index (κ2) is 6.15. The first kappa shape index (κ1) is 17.7. The SMILES string of the molecule is CCC12C=CC1(CC)[n+]1cc(-c3ccccc3)c3ccccc3c1-c1ccccc12. The number of hydrogen-bond donors (Lipinski definition) is 0. The van der Waals surface area contributed by atoms with Crippen molar-refractivity contribution in [2.75, 3.05) is 0 Å². The van der Waals surface area contributed by atoms with Crippen LogP contribution in [0.2, 0.25) is 0 Å². The van der Waals surface area contributed by atoms with Gasteiger partial charge < -0.3 is 0 Å². The first-order valence-corrected chi connectivity index (χ1v) is 11.1. The molecule has 1 aliphatic heterocycles. The van der Waals surface area contributed by atoms with Crippen molar-refractivity contribution in [2.45, 2.75) is 37.6 Å². The Morgan fingerprint density at radius 2 is 1.37 bits per heavy atom. The van der Waals surface area contributed by atoms with Crippen LogP contribution >= 0.6 is 0 Å². The Morgan fingerprint density at radius 1 is 0.667 bits per heavy atom. The van der Waals surface area contributed by atoms with Crippen LogP contribution in [-0.2, 0) is 11.0 Å². The van der Waals surface area contributed by atoms with Gasteiger partial charge in [0.15, 0.2) is 11.7 Å². The maximum Gasteiger partial charge on any atom is 0.221 e. The van der Waals surface area contributed by atoms with Gasteiger partial charge in [-0.2, -0.15) is 4.57 Å². The third-order valence-electron chi connectivity index (χ3n) is 7.66. The molecule has 146 valence electrons. The van der Waals surface area contributed by atoms with Gasteiger partial charge in [0.1, 0.15) is 0 Å². The molecule has 0 fully saturated rings. The molecule has 4 aromatic rings. The molecule has 0 radical (unpaired) electrons. The zero-order valence-electron chi connectivity index (χ0n) is 17.6. The standard InChI is InChI=1S/C29H26N/c1-3-28-18-19-29(28,4-2)30-20-25(21-12-6-5-7-13-21)22-14-8-9-15-23(22)27(30)24-16-10-11-17-26(24)28/h5-20H,3-4H2,1-2H3/q+1. The van der Waals surface area contributed by atoms with E-state index in [0.29, 0.717) is 0 Å². The molecule has 3 aromatic carbocycles. The first-order chi connectivity index (χ1) is 14.8. The molecule has 0 bridgehead atoms. The molecule has 0 spiro atoms. The van der Waals surface area contributed by atoms with Crippen molar-refractivity contribution in [3.63, 3.8) is 0 Å². The van der Waals surface area contributed by atoms with Crippen LogP contribution in [0.3, 0.4) is 0 Å². The van der Waals surface area contributed by atoms with E-state index in [1.54, 1.807) is 0 Å². The van der Waals surface area contributed by atoms with Crippen LogP contribution in [0.5, 0.6) is 0 Å². The van der Waals surface area contributed by atoms with E-state index in [-0.39, 0.29) is 11.0 Å². The summed E-state index contributed by atoms with van der Waals surface area (Å²) in [6, 6.07) is 28.8. The fraction of sp³-hybridized carbons (Fsp3) is 0.207. The Hall–Kier alpha value is -3.19. The van der Waals surface area contributed by atoms with Crippen molar-refractivity contribution in [3.8, 4) is 22.4 Å². The minimum Gasteiger partial charge on any atom is -0.187 e. The highest BCUT2D eigenvalue weighted by Crippen LogP contribution is 2.57. The Labute approximate surface area is 178 Å². The summed E-state index contributed by atoms with van der Waals surface area (Å²) in [6.45, 7) is 4.69. The molecule has 0 amide bonds. The maximum absolute atomic E-state index is 2.61. The molecule has 2 aliphatic rings. The van der Waals surface area contributed by atoms with Gasteiger partial charge >= 0.3 is 0 Å². The molecule has 2 unspecified atom stereocenters. The Morgan fingerprint density at radius 3 is 2.07 bits per heavy atom. The number of hydrogen-bond acceptors (Lipinski definition) is 0. The predicted molar refractivity (Wildman–Crippen MR) is 124 cm³/mol. The van der Waals surface area contributed by atoms with Gasteiger partial charge in [0, 0.05) is 11.8 Å². The third-order valence-corrected chi connectivity index (χ3v) is 7.66. The van der Waals surface area contributed by atoms with Crippen LogP contribution in [0.1, 0.15) is 32.3 Å². The molecule has 0 saturated carbocycles. The average Bonchev–Trinajstić information content (AvgIpc) is 2.80. The lowest BCUT2D eigenvalue weighted by Crippen LogP contribution is -2.72. The normalized spacial score (nSPS) is 23.4. The second-order valence-corrected chi connectivity index (χ2v) is 8.65. The van der Waals surface area contributed by atoms with Crippen molar-refractivity contribution in [2.24, 2.45) is 0 Å². The van der Waals surface area contributed by atoms with E-state index in [1.807, 2.05) is 0 Å². The minimum absolute atomic E-state index is 0.0149. The molecule has 1 aliphatic carbocycles. The molecule has 2 atom stereocenters. The van der Waals surface area contributed by atoms with E-state index in [0.717, 1.165) is 12.8 Å². The molecular formula is C29H26N+. The van der Waals surface area contributed by atoms with Gasteiger partial charge in [-0.15, -0.1) is 0 Å². The van der Waals surface area contributed by atoms with E-state index in [4.69, 9.17) is 0 Å².